The lowest BCUT2D eigenvalue weighted by Gasteiger charge is -2.08. The smallest absolute Gasteiger partial charge is 0.142 e. The molecule has 3 N–H and O–H groups in total. The van der Waals surface area contributed by atoms with Crippen LogP contribution in [0.4, 0.5) is 5.82 Å². The van der Waals surface area contributed by atoms with E-state index >= 15 is 0 Å². The Balaban J connectivity index is 2.33. The molecular weight excluding hydrogens is 248 g/mol. The van der Waals surface area contributed by atoms with Gasteiger partial charge in [0, 0.05) is 17.1 Å². The lowest BCUT2D eigenvalue weighted by atomic mass is 9.98. The van der Waals surface area contributed by atoms with Gasteiger partial charge in [0.2, 0.25) is 0 Å². The van der Waals surface area contributed by atoms with Gasteiger partial charge in [-0.15, -0.1) is 0 Å². The van der Waals surface area contributed by atoms with Crippen LogP contribution in [0.1, 0.15) is 5.56 Å². The van der Waals surface area contributed by atoms with Gasteiger partial charge in [-0.05, 0) is 30.2 Å². The highest BCUT2D eigenvalue weighted by molar-refractivity contribution is 6.33. The highest BCUT2D eigenvalue weighted by Gasteiger charge is 2.10. The fourth-order valence-electron chi connectivity index (χ4n) is 2.09. The molecule has 2 heterocycles. The first-order valence-corrected chi connectivity index (χ1v) is 5.88. The normalized spacial score (nSPS) is 11.0. The molecule has 0 aliphatic heterocycles. The average molecular weight is 259 g/mol. The van der Waals surface area contributed by atoms with E-state index < -0.39 is 0 Å². The van der Waals surface area contributed by atoms with Gasteiger partial charge in [0.15, 0.2) is 0 Å². The first-order chi connectivity index (χ1) is 8.66. The van der Waals surface area contributed by atoms with Gasteiger partial charge in [-0.2, -0.15) is 5.10 Å². The SMILES string of the molecule is Cc1ccc2[nH]ncc2c1-c1cnc(N)c(Cl)c1. The van der Waals surface area contributed by atoms with Crippen molar-refractivity contribution in [2.24, 2.45) is 0 Å². The Morgan fingerprint density at radius 1 is 1.28 bits per heavy atom. The predicted octanol–water partition coefficient (Wildman–Crippen LogP) is 3.17. The summed E-state index contributed by atoms with van der Waals surface area (Å²) in [5.41, 5.74) is 9.79. The minimum atomic E-state index is 0.345. The molecule has 0 saturated heterocycles. The number of nitrogens with two attached hydrogens (primary N) is 1. The maximum absolute atomic E-state index is 6.03. The van der Waals surface area contributed by atoms with Crippen LogP contribution >= 0.6 is 11.6 Å². The maximum Gasteiger partial charge on any atom is 0.142 e. The fourth-order valence-corrected chi connectivity index (χ4v) is 2.26. The largest absolute Gasteiger partial charge is 0.382 e. The Bertz CT molecular complexity index is 733. The molecule has 1 aromatic carbocycles. The van der Waals surface area contributed by atoms with E-state index in [1.807, 2.05) is 31.3 Å². The minimum Gasteiger partial charge on any atom is -0.382 e. The third kappa shape index (κ3) is 1.62. The second-order valence-corrected chi connectivity index (χ2v) is 4.59. The first-order valence-electron chi connectivity index (χ1n) is 5.51. The number of nitrogens with one attached hydrogen (secondary N) is 1. The second kappa shape index (κ2) is 3.99. The standard InChI is InChI=1S/C13H11ClN4/c1-7-2-3-11-9(6-17-18-11)12(7)8-4-10(14)13(15)16-5-8/h2-6H,1H3,(H2,15,16)(H,17,18). The number of hydrogen-bond acceptors (Lipinski definition) is 3. The summed E-state index contributed by atoms with van der Waals surface area (Å²) in [4.78, 5) is 4.10. The Labute approximate surface area is 109 Å². The van der Waals surface area contributed by atoms with E-state index in [4.69, 9.17) is 17.3 Å². The number of hydrogen-bond donors (Lipinski definition) is 2. The van der Waals surface area contributed by atoms with Gasteiger partial charge < -0.3 is 5.73 Å². The van der Waals surface area contributed by atoms with Gasteiger partial charge in [0.05, 0.1) is 16.7 Å². The number of fused-ring (bicyclic) bond motifs is 1. The number of aromatic nitrogens is 3. The summed E-state index contributed by atoms with van der Waals surface area (Å²) < 4.78 is 0. The van der Waals surface area contributed by atoms with E-state index in [2.05, 4.69) is 15.2 Å². The molecule has 2 aromatic heterocycles. The summed E-state index contributed by atoms with van der Waals surface area (Å²) in [5.74, 6) is 0.345. The van der Waals surface area contributed by atoms with Crippen LogP contribution in [-0.2, 0) is 0 Å². The van der Waals surface area contributed by atoms with Crippen molar-refractivity contribution in [2.75, 3.05) is 5.73 Å². The zero-order chi connectivity index (χ0) is 12.7. The van der Waals surface area contributed by atoms with Crippen LogP contribution in [0.15, 0.2) is 30.6 Å². The molecule has 5 heteroatoms. The van der Waals surface area contributed by atoms with Crippen molar-refractivity contribution >= 4 is 28.3 Å². The molecule has 0 aliphatic rings. The van der Waals surface area contributed by atoms with Crippen LogP contribution in [0.2, 0.25) is 5.02 Å². The van der Waals surface area contributed by atoms with Crippen molar-refractivity contribution in [2.45, 2.75) is 6.92 Å². The van der Waals surface area contributed by atoms with Crippen LogP contribution in [0.5, 0.6) is 0 Å². The average Bonchev–Trinajstić information content (AvgIpc) is 2.81. The van der Waals surface area contributed by atoms with Gasteiger partial charge in [-0.1, -0.05) is 17.7 Å². The molecule has 0 saturated carbocycles. The molecule has 0 atom stereocenters. The van der Waals surface area contributed by atoms with E-state index in [1.54, 1.807) is 6.20 Å². The molecule has 90 valence electrons. The van der Waals surface area contributed by atoms with Crippen molar-refractivity contribution in [3.8, 4) is 11.1 Å². The van der Waals surface area contributed by atoms with Crippen molar-refractivity contribution < 1.29 is 0 Å². The Morgan fingerprint density at radius 3 is 2.89 bits per heavy atom. The molecule has 0 radical (unpaired) electrons. The molecular formula is C13H11ClN4. The lowest BCUT2D eigenvalue weighted by Crippen LogP contribution is -1.92. The van der Waals surface area contributed by atoms with Gasteiger partial charge >= 0.3 is 0 Å². The molecule has 3 aromatic rings. The van der Waals surface area contributed by atoms with Crippen LogP contribution in [0, 0.1) is 6.92 Å². The Kier molecular flexibility index (Phi) is 2.45. The number of pyridine rings is 1. The van der Waals surface area contributed by atoms with E-state index in [1.165, 1.54) is 0 Å². The molecule has 0 fully saturated rings. The minimum absolute atomic E-state index is 0.345. The van der Waals surface area contributed by atoms with Crippen LogP contribution < -0.4 is 5.73 Å². The summed E-state index contributed by atoms with van der Waals surface area (Å²) >= 11 is 6.03. The van der Waals surface area contributed by atoms with E-state index in [0.29, 0.717) is 10.8 Å². The molecule has 0 bridgehead atoms. The van der Waals surface area contributed by atoms with Gasteiger partial charge in [0.1, 0.15) is 5.82 Å². The van der Waals surface area contributed by atoms with E-state index in [-0.39, 0.29) is 0 Å². The summed E-state index contributed by atoms with van der Waals surface area (Å²) in [6.07, 6.45) is 3.54. The van der Waals surface area contributed by atoms with Gasteiger partial charge in [0.25, 0.3) is 0 Å². The zero-order valence-corrected chi connectivity index (χ0v) is 10.5. The van der Waals surface area contributed by atoms with E-state index in [0.717, 1.165) is 27.6 Å². The fraction of sp³-hybridized carbons (Fsp3) is 0.0769. The quantitative estimate of drug-likeness (QED) is 0.704. The van der Waals surface area contributed by atoms with Crippen molar-refractivity contribution in [3.63, 3.8) is 0 Å². The summed E-state index contributed by atoms with van der Waals surface area (Å²) in [5, 5.41) is 8.54. The van der Waals surface area contributed by atoms with Crippen LogP contribution in [-0.4, -0.2) is 15.2 Å². The predicted molar refractivity (Wildman–Crippen MR) is 73.5 cm³/mol. The number of aryl methyl sites for hydroxylation is 1. The van der Waals surface area contributed by atoms with Crippen molar-refractivity contribution in [1.29, 1.82) is 0 Å². The number of halogens is 1. The first kappa shape index (κ1) is 11.0. The highest BCUT2D eigenvalue weighted by Crippen LogP contribution is 2.32. The molecule has 0 unspecified atom stereocenters. The number of anilines is 1. The number of rotatable bonds is 1. The molecule has 4 nitrogen and oxygen atoms in total. The molecule has 18 heavy (non-hydrogen) atoms. The lowest BCUT2D eigenvalue weighted by molar-refractivity contribution is 1.12. The molecule has 0 spiro atoms. The molecule has 3 rings (SSSR count). The number of aromatic amines is 1. The monoisotopic (exact) mass is 258 g/mol. The summed E-state index contributed by atoms with van der Waals surface area (Å²) in [6, 6.07) is 5.88. The van der Waals surface area contributed by atoms with Crippen LogP contribution in [0.3, 0.4) is 0 Å². The van der Waals surface area contributed by atoms with Crippen LogP contribution in [0.25, 0.3) is 22.0 Å². The van der Waals surface area contributed by atoms with Crippen molar-refractivity contribution in [3.05, 3.63) is 41.2 Å². The summed E-state index contributed by atoms with van der Waals surface area (Å²) in [6.45, 7) is 2.05. The van der Waals surface area contributed by atoms with E-state index in [9.17, 15) is 0 Å². The number of nitrogen functional groups attached to an aromatic ring is 1. The zero-order valence-electron chi connectivity index (χ0n) is 9.74. The Morgan fingerprint density at radius 2 is 2.11 bits per heavy atom. The molecule has 0 aliphatic carbocycles. The van der Waals surface area contributed by atoms with Crippen molar-refractivity contribution in [1.82, 2.24) is 15.2 Å². The van der Waals surface area contributed by atoms with Gasteiger partial charge in [-0.3, -0.25) is 5.10 Å². The highest BCUT2D eigenvalue weighted by atomic mass is 35.5. The third-order valence-corrected chi connectivity index (χ3v) is 3.29. The number of nitrogens with zero attached hydrogens (tertiary/aromatic N) is 2. The number of H-pyrrole nitrogens is 1. The third-order valence-electron chi connectivity index (χ3n) is 2.99. The summed E-state index contributed by atoms with van der Waals surface area (Å²) in [7, 11) is 0. The second-order valence-electron chi connectivity index (χ2n) is 4.18. The topological polar surface area (TPSA) is 67.6 Å². The maximum atomic E-state index is 6.03. The number of benzene rings is 1. The Hall–Kier alpha value is -2.07. The van der Waals surface area contributed by atoms with Gasteiger partial charge in [-0.25, -0.2) is 4.98 Å². The molecule has 0 amide bonds.